The largest absolute Gasteiger partial charge is 0.369 e. The van der Waals surface area contributed by atoms with Gasteiger partial charge in [-0.15, -0.1) is 5.10 Å². The second-order valence-electron chi connectivity index (χ2n) is 10.7. The molecule has 8 heteroatoms. The summed E-state index contributed by atoms with van der Waals surface area (Å²) >= 11 is 0. The number of pyridine rings is 1. The number of tetrazole rings is 1. The van der Waals surface area contributed by atoms with Crippen molar-refractivity contribution >= 4 is 16.6 Å². The standard InChI is InChI=1S/C29H35N7O/c1-19-8-7-13-25(21(19)3)34-14-16-35(17-15-34)27(28-31-32-33-36(28)23-11-4-5-12-23)24-18-22-10-6-9-20(2)26(22)30-29(24)37/h6-10,13,18,23,27H,4-5,11-12,14-17H2,1-3H3,(H,30,37)/t27-/m1/s1. The number of anilines is 1. The number of nitrogens with zero attached hydrogens (tertiary/aromatic N) is 6. The van der Waals surface area contributed by atoms with Gasteiger partial charge in [0.15, 0.2) is 5.82 Å². The van der Waals surface area contributed by atoms with E-state index in [1.165, 1.54) is 29.7 Å². The van der Waals surface area contributed by atoms with E-state index in [-0.39, 0.29) is 11.6 Å². The topological polar surface area (TPSA) is 82.9 Å². The predicted molar refractivity (Wildman–Crippen MR) is 146 cm³/mol. The molecule has 1 saturated heterocycles. The predicted octanol–water partition coefficient (Wildman–Crippen LogP) is 4.47. The maximum atomic E-state index is 13.6. The number of nitrogens with one attached hydrogen (secondary N) is 1. The Labute approximate surface area is 217 Å². The summed E-state index contributed by atoms with van der Waals surface area (Å²) in [4.78, 5) is 21.6. The smallest absolute Gasteiger partial charge is 0.253 e. The Hall–Kier alpha value is -3.52. The minimum absolute atomic E-state index is 0.0651. The van der Waals surface area contributed by atoms with Crippen LogP contribution in [0.2, 0.25) is 0 Å². The highest BCUT2D eigenvalue weighted by atomic mass is 16.1. The van der Waals surface area contributed by atoms with Crippen molar-refractivity contribution in [2.75, 3.05) is 31.1 Å². The molecule has 2 aromatic carbocycles. The molecule has 192 valence electrons. The Kier molecular flexibility index (Phi) is 6.28. The summed E-state index contributed by atoms with van der Waals surface area (Å²) in [6, 6.07) is 14.7. The van der Waals surface area contributed by atoms with Gasteiger partial charge in [-0.3, -0.25) is 9.69 Å². The number of aryl methyl sites for hydroxylation is 2. The Bertz CT molecular complexity index is 1480. The van der Waals surface area contributed by atoms with E-state index in [0.29, 0.717) is 11.6 Å². The number of benzene rings is 2. The van der Waals surface area contributed by atoms with Crippen molar-refractivity contribution in [1.82, 2.24) is 30.1 Å². The van der Waals surface area contributed by atoms with Gasteiger partial charge in [-0.25, -0.2) is 4.68 Å². The molecule has 1 saturated carbocycles. The average Bonchev–Trinajstić information content (AvgIpc) is 3.60. The van der Waals surface area contributed by atoms with Gasteiger partial charge < -0.3 is 9.88 Å². The fourth-order valence-corrected chi connectivity index (χ4v) is 6.19. The lowest BCUT2D eigenvalue weighted by Crippen LogP contribution is -2.49. The minimum atomic E-state index is -0.301. The van der Waals surface area contributed by atoms with E-state index in [4.69, 9.17) is 0 Å². The van der Waals surface area contributed by atoms with Crippen LogP contribution in [0.1, 0.15) is 65.8 Å². The summed E-state index contributed by atoms with van der Waals surface area (Å²) < 4.78 is 2.01. The second kappa shape index (κ2) is 9.74. The van der Waals surface area contributed by atoms with Crippen LogP contribution in [0.3, 0.4) is 0 Å². The van der Waals surface area contributed by atoms with Gasteiger partial charge in [0.25, 0.3) is 5.56 Å². The molecule has 2 aromatic heterocycles. The molecule has 6 rings (SSSR count). The number of hydrogen-bond acceptors (Lipinski definition) is 6. The molecule has 2 aliphatic rings. The van der Waals surface area contributed by atoms with E-state index in [9.17, 15) is 4.79 Å². The van der Waals surface area contributed by atoms with E-state index >= 15 is 0 Å². The molecule has 0 bridgehead atoms. The summed E-state index contributed by atoms with van der Waals surface area (Å²) in [5.41, 5.74) is 6.55. The van der Waals surface area contributed by atoms with Crippen LogP contribution in [0.25, 0.3) is 10.9 Å². The van der Waals surface area contributed by atoms with Crippen LogP contribution in [-0.4, -0.2) is 56.3 Å². The lowest BCUT2D eigenvalue weighted by Gasteiger charge is -2.40. The van der Waals surface area contributed by atoms with Gasteiger partial charge in [-0.1, -0.05) is 43.2 Å². The first-order valence-corrected chi connectivity index (χ1v) is 13.5. The summed E-state index contributed by atoms with van der Waals surface area (Å²) in [6.07, 6.45) is 4.55. The third-order valence-electron chi connectivity index (χ3n) is 8.44. The fraction of sp³-hybridized carbons (Fsp3) is 0.448. The number of H-pyrrole nitrogens is 1. The first-order chi connectivity index (χ1) is 18.0. The minimum Gasteiger partial charge on any atom is -0.369 e. The Morgan fingerprint density at radius 2 is 1.68 bits per heavy atom. The van der Waals surface area contributed by atoms with Crippen LogP contribution in [0.5, 0.6) is 0 Å². The normalized spacial score (nSPS) is 18.1. The Morgan fingerprint density at radius 1 is 0.946 bits per heavy atom. The summed E-state index contributed by atoms with van der Waals surface area (Å²) in [5, 5.41) is 14.1. The lowest BCUT2D eigenvalue weighted by atomic mass is 10.0. The number of piperazine rings is 1. The van der Waals surface area contributed by atoms with Crippen molar-refractivity contribution in [3.05, 3.63) is 80.9 Å². The summed E-state index contributed by atoms with van der Waals surface area (Å²) in [7, 11) is 0. The van der Waals surface area contributed by atoms with Crippen molar-refractivity contribution < 1.29 is 0 Å². The zero-order chi connectivity index (χ0) is 25.5. The third kappa shape index (κ3) is 4.33. The van der Waals surface area contributed by atoms with Gasteiger partial charge in [0, 0.05) is 37.4 Å². The van der Waals surface area contributed by atoms with Crippen LogP contribution in [-0.2, 0) is 0 Å². The summed E-state index contributed by atoms with van der Waals surface area (Å²) in [5.74, 6) is 0.782. The first kappa shape index (κ1) is 23.9. The molecule has 4 aromatic rings. The zero-order valence-corrected chi connectivity index (χ0v) is 21.9. The van der Waals surface area contributed by atoms with Gasteiger partial charge in [0.05, 0.1) is 11.6 Å². The summed E-state index contributed by atoms with van der Waals surface area (Å²) in [6.45, 7) is 9.81. The van der Waals surface area contributed by atoms with Crippen molar-refractivity contribution in [1.29, 1.82) is 0 Å². The Morgan fingerprint density at radius 3 is 2.46 bits per heavy atom. The quantitative estimate of drug-likeness (QED) is 0.438. The van der Waals surface area contributed by atoms with Crippen LogP contribution in [0, 0.1) is 20.8 Å². The molecule has 1 aliphatic heterocycles. The van der Waals surface area contributed by atoms with E-state index in [2.05, 4.69) is 74.5 Å². The SMILES string of the molecule is Cc1cccc(N2CCN([C@H](c3cc4cccc(C)c4[nH]c3=O)c3nnnn3C3CCCC3)CC2)c1C. The lowest BCUT2D eigenvalue weighted by molar-refractivity contribution is 0.196. The van der Waals surface area contributed by atoms with Crippen LogP contribution >= 0.6 is 0 Å². The molecule has 1 N–H and O–H groups in total. The number of fused-ring (bicyclic) bond motifs is 1. The van der Waals surface area contributed by atoms with Crippen LogP contribution in [0.4, 0.5) is 5.69 Å². The van der Waals surface area contributed by atoms with Crippen molar-refractivity contribution in [3.63, 3.8) is 0 Å². The number of aromatic amines is 1. The van der Waals surface area contributed by atoms with Gasteiger partial charge in [0.1, 0.15) is 6.04 Å². The highest BCUT2D eigenvalue weighted by Crippen LogP contribution is 2.35. The monoisotopic (exact) mass is 497 g/mol. The van der Waals surface area contributed by atoms with Crippen LogP contribution < -0.4 is 10.5 Å². The van der Waals surface area contributed by atoms with Crippen molar-refractivity contribution in [2.45, 2.75) is 58.5 Å². The molecule has 3 heterocycles. The molecule has 0 radical (unpaired) electrons. The maximum absolute atomic E-state index is 13.6. The fourth-order valence-electron chi connectivity index (χ4n) is 6.19. The number of rotatable bonds is 5. The molecule has 1 aliphatic carbocycles. The molecule has 1 atom stereocenters. The first-order valence-electron chi connectivity index (χ1n) is 13.5. The molecule has 2 fully saturated rings. The third-order valence-corrected chi connectivity index (χ3v) is 8.44. The van der Waals surface area contributed by atoms with Gasteiger partial charge >= 0.3 is 0 Å². The second-order valence-corrected chi connectivity index (χ2v) is 10.7. The molecule has 8 nitrogen and oxygen atoms in total. The highest BCUT2D eigenvalue weighted by Gasteiger charge is 2.35. The van der Waals surface area contributed by atoms with Gasteiger partial charge in [-0.2, -0.15) is 0 Å². The van der Waals surface area contributed by atoms with Gasteiger partial charge in [-0.05, 0) is 78.2 Å². The molecule has 0 amide bonds. The molecular formula is C29H35N7O. The van der Waals surface area contributed by atoms with E-state index in [1.807, 2.05) is 23.7 Å². The number of hydrogen-bond donors (Lipinski definition) is 1. The molecular weight excluding hydrogens is 462 g/mol. The highest BCUT2D eigenvalue weighted by molar-refractivity contribution is 5.82. The van der Waals surface area contributed by atoms with E-state index < -0.39 is 0 Å². The van der Waals surface area contributed by atoms with Crippen molar-refractivity contribution in [2.24, 2.45) is 0 Å². The molecule has 37 heavy (non-hydrogen) atoms. The average molecular weight is 498 g/mol. The Balaban J connectivity index is 1.39. The number of para-hydroxylation sites is 1. The van der Waals surface area contributed by atoms with Crippen LogP contribution in [0.15, 0.2) is 47.3 Å². The molecule has 0 spiro atoms. The van der Waals surface area contributed by atoms with Crippen molar-refractivity contribution in [3.8, 4) is 0 Å². The van der Waals surface area contributed by atoms with Gasteiger partial charge in [0.2, 0.25) is 0 Å². The zero-order valence-electron chi connectivity index (χ0n) is 21.9. The molecule has 0 unspecified atom stereocenters. The number of aromatic nitrogens is 5. The maximum Gasteiger partial charge on any atom is 0.253 e. The van der Waals surface area contributed by atoms with E-state index in [0.717, 1.165) is 61.3 Å². The van der Waals surface area contributed by atoms with E-state index in [1.54, 1.807) is 0 Å².